The molecule has 2 spiro atoms. The summed E-state index contributed by atoms with van der Waals surface area (Å²) in [4.78, 5) is 2.83. The van der Waals surface area contributed by atoms with Crippen molar-refractivity contribution in [2.24, 2.45) is 11.8 Å². The number of phenolic OH excluding ortho intramolecular Hbond substituents is 1. The number of benzene rings is 2. The van der Waals surface area contributed by atoms with Gasteiger partial charge in [-0.2, -0.15) is 0 Å². The molecule has 7 rings (SSSR count). The summed E-state index contributed by atoms with van der Waals surface area (Å²) in [6.07, 6.45) is 9.38. The van der Waals surface area contributed by atoms with Crippen molar-refractivity contribution < 1.29 is 9.84 Å². The van der Waals surface area contributed by atoms with E-state index in [-0.39, 0.29) is 5.41 Å². The molecule has 1 heterocycles. The van der Waals surface area contributed by atoms with Crippen LogP contribution in [0.2, 0.25) is 0 Å². The molecule has 2 unspecified atom stereocenters. The van der Waals surface area contributed by atoms with Gasteiger partial charge < -0.3 is 9.84 Å². The van der Waals surface area contributed by atoms with Crippen molar-refractivity contribution in [1.82, 2.24) is 4.90 Å². The second-order valence-electron chi connectivity index (χ2n) is 10.8. The molecule has 32 heavy (non-hydrogen) atoms. The fraction of sp³-hybridized carbons (Fsp3) is 0.586. The lowest BCUT2D eigenvalue weighted by molar-refractivity contribution is -0.0322. The average molecular weight is 432 g/mol. The number of nitrogens with zero attached hydrogens (tertiary/aromatic N) is 1. The molecule has 4 fully saturated rings. The van der Waals surface area contributed by atoms with Crippen LogP contribution in [0.15, 0.2) is 42.5 Å². The molecule has 5 aliphatic rings. The fourth-order valence-corrected chi connectivity index (χ4v) is 7.99. The lowest BCUT2D eigenvalue weighted by atomic mass is 9.58. The first-order valence-corrected chi connectivity index (χ1v) is 13.0. The van der Waals surface area contributed by atoms with Crippen LogP contribution in [-0.4, -0.2) is 29.1 Å². The second-order valence-corrected chi connectivity index (χ2v) is 10.8. The van der Waals surface area contributed by atoms with Gasteiger partial charge in [0.1, 0.15) is 6.61 Å². The molecule has 170 valence electrons. The predicted molar refractivity (Wildman–Crippen MR) is 128 cm³/mol. The Balaban J connectivity index is 0.000000953. The number of fused-ring (bicyclic) bond motifs is 2. The normalized spacial score (nSPS) is 33.9. The molecule has 0 radical (unpaired) electrons. The summed E-state index contributed by atoms with van der Waals surface area (Å²) in [5.74, 6) is 2.81. The van der Waals surface area contributed by atoms with E-state index in [0.29, 0.717) is 23.5 Å². The van der Waals surface area contributed by atoms with Gasteiger partial charge in [0.05, 0.1) is 0 Å². The van der Waals surface area contributed by atoms with Crippen LogP contribution in [0.5, 0.6) is 11.5 Å². The van der Waals surface area contributed by atoms with Crippen molar-refractivity contribution in [3.8, 4) is 11.5 Å². The zero-order valence-corrected chi connectivity index (χ0v) is 19.6. The first-order chi connectivity index (χ1) is 15.7. The van der Waals surface area contributed by atoms with Crippen LogP contribution in [0.1, 0.15) is 75.5 Å². The number of phenols is 1. The molecule has 3 nitrogen and oxygen atoms in total. The Morgan fingerprint density at radius 1 is 1.00 bits per heavy atom. The van der Waals surface area contributed by atoms with Crippen LogP contribution in [0.3, 0.4) is 0 Å². The maximum Gasteiger partial charge on any atom is 0.161 e. The van der Waals surface area contributed by atoms with Crippen LogP contribution in [0.25, 0.3) is 0 Å². The number of aromatic hydroxyl groups is 1. The van der Waals surface area contributed by atoms with Gasteiger partial charge in [0, 0.05) is 35.5 Å². The fourth-order valence-electron chi connectivity index (χ4n) is 7.99. The molecule has 2 bridgehead atoms. The van der Waals surface area contributed by atoms with E-state index < -0.39 is 0 Å². The molecular weight excluding hydrogens is 394 g/mol. The average Bonchev–Trinajstić information content (AvgIpc) is 3.55. The maximum absolute atomic E-state index is 11.5. The molecule has 1 aliphatic heterocycles. The van der Waals surface area contributed by atoms with Crippen LogP contribution in [-0.2, 0) is 17.4 Å². The molecule has 2 aromatic rings. The minimum atomic E-state index is 0.187. The molecule has 0 aromatic heterocycles. The summed E-state index contributed by atoms with van der Waals surface area (Å²) in [5.41, 5.74) is 4.37. The topological polar surface area (TPSA) is 32.7 Å². The molecule has 3 saturated carbocycles. The molecule has 4 aliphatic carbocycles. The Kier molecular flexibility index (Phi) is 4.84. The van der Waals surface area contributed by atoms with Gasteiger partial charge in [-0.15, -0.1) is 0 Å². The van der Waals surface area contributed by atoms with Gasteiger partial charge in [-0.1, -0.05) is 63.1 Å². The summed E-state index contributed by atoms with van der Waals surface area (Å²) in [5, 5.41) is 11.5. The van der Waals surface area contributed by atoms with E-state index in [1.807, 2.05) is 38.1 Å². The summed E-state index contributed by atoms with van der Waals surface area (Å²) in [7, 11) is 0. The van der Waals surface area contributed by atoms with Gasteiger partial charge in [0.25, 0.3) is 0 Å². The third kappa shape index (κ3) is 2.76. The Hall–Kier alpha value is -2.00. The standard InChI is InChI=1S/C27H31NO2.C2H6/c29-24-22(30-15-19-6-2-1-3-7-19)12-11-20-23(24)26-13-5-4-8-21(26)25-27(20,16-26)17-28(25)14-18-9-10-18;1-2/h1-3,6-7,11-12,18,21,25,29H,4-5,8-10,13-17H2;1-2H3/t21?,25-,26+,27?;/m0./s1. The van der Waals surface area contributed by atoms with Gasteiger partial charge in [0.2, 0.25) is 0 Å². The van der Waals surface area contributed by atoms with Crippen LogP contribution >= 0.6 is 0 Å². The monoisotopic (exact) mass is 431 g/mol. The van der Waals surface area contributed by atoms with E-state index >= 15 is 0 Å². The van der Waals surface area contributed by atoms with Crippen molar-refractivity contribution in [3.05, 3.63) is 59.2 Å². The van der Waals surface area contributed by atoms with E-state index in [2.05, 4.69) is 23.1 Å². The molecular formula is C29H37NO2. The summed E-state index contributed by atoms with van der Waals surface area (Å²) in [6, 6.07) is 15.3. The van der Waals surface area contributed by atoms with E-state index in [1.54, 1.807) is 0 Å². The van der Waals surface area contributed by atoms with Crippen LogP contribution < -0.4 is 4.74 Å². The smallest absolute Gasteiger partial charge is 0.161 e. The van der Waals surface area contributed by atoms with E-state index in [4.69, 9.17) is 4.74 Å². The van der Waals surface area contributed by atoms with Crippen molar-refractivity contribution >= 4 is 0 Å². The summed E-state index contributed by atoms with van der Waals surface area (Å²) >= 11 is 0. The maximum atomic E-state index is 11.5. The zero-order valence-electron chi connectivity index (χ0n) is 19.6. The number of hydrogen-bond donors (Lipinski definition) is 1. The molecule has 3 heteroatoms. The van der Waals surface area contributed by atoms with Crippen molar-refractivity contribution in [1.29, 1.82) is 0 Å². The van der Waals surface area contributed by atoms with Crippen LogP contribution in [0, 0.1) is 11.8 Å². The van der Waals surface area contributed by atoms with Gasteiger partial charge in [-0.25, -0.2) is 0 Å². The largest absolute Gasteiger partial charge is 0.504 e. The van der Waals surface area contributed by atoms with E-state index in [1.165, 1.54) is 69.2 Å². The lowest BCUT2D eigenvalue weighted by Crippen LogP contribution is -2.68. The minimum Gasteiger partial charge on any atom is -0.504 e. The van der Waals surface area contributed by atoms with Gasteiger partial charge >= 0.3 is 0 Å². The van der Waals surface area contributed by atoms with Gasteiger partial charge in [-0.3, -0.25) is 4.90 Å². The molecule has 2 aromatic carbocycles. The highest BCUT2D eigenvalue weighted by Gasteiger charge is 2.74. The lowest BCUT2D eigenvalue weighted by Gasteiger charge is -2.59. The quantitative estimate of drug-likeness (QED) is 0.614. The van der Waals surface area contributed by atoms with Gasteiger partial charge in [0.15, 0.2) is 11.5 Å². The Labute approximate surface area is 192 Å². The molecule has 1 saturated heterocycles. The number of hydrogen-bond acceptors (Lipinski definition) is 3. The van der Waals surface area contributed by atoms with E-state index in [9.17, 15) is 5.11 Å². The molecule has 1 N–H and O–H groups in total. The van der Waals surface area contributed by atoms with Crippen molar-refractivity contribution in [2.75, 3.05) is 13.1 Å². The summed E-state index contributed by atoms with van der Waals surface area (Å²) < 4.78 is 6.13. The van der Waals surface area contributed by atoms with Crippen molar-refractivity contribution in [2.45, 2.75) is 82.3 Å². The van der Waals surface area contributed by atoms with Crippen LogP contribution in [0.4, 0.5) is 0 Å². The molecule has 4 atom stereocenters. The van der Waals surface area contributed by atoms with Gasteiger partial charge in [-0.05, 0) is 61.1 Å². The molecule has 0 amide bonds. The zero-order chi connectivity index (χ0) is 21.9. The predicted octanol–water partition coefficient (Wildman–Crippen LogP) is 6.17. The van der Waals surface area contributed by atoms with E-state index in [0.717, 1.165) is 23.4 Å². The number of rotatable bonds is 5. The second kappa shape index (κ2) is 7.52. The SMILES string of the molecule is CC.Oc1c(OCc2ccccc2)ccc2c1[C@@]13CCCCC1[C@@H]1N(CC4CC4)CC21C3. The Bertz CT molecular complexity index is 1000. The Morgan fingerprint density at radius 2 is 1.81 bits per heavy atom. The number of ether oxygens (including phenoxy) is 1. The summed E-state index contributed by atoms with van der Waals surface area (Å²) in [6.45, 7) is 7.04. The third-order valence-electron chi connectivity index (χ3n) is 9.16. The first-order valence-electron chi connectivity index (χ1n) is 13.0. The Morgan fingerprint density at radius 3 is 2.59 bits per heavy atom. The highest BCUT2D eigenvalue weighted by molar-refractivity contribution is 5.64. The van der Waals surface area contributed by atoms with Crippen molar-refractivity contribution in [3.63, 3.8) is 0 Å². The minimum absolute atomic E-state index is 0.187. The highest BCUT2D eigenvalue weighted by Crippen LogP contribution is 2.74. The first kappa shape index (κ1) is 20.6. The number of likely N-dealkylation sites (tertiary alicyclic amines) is 1. The highest BCUT2D eigenvalue weighted by atomic mass is 16.5. The third-order valence-corrected chi connectivity index (χ3v) is 9.16.